The molecule has 0 spiro atoms. The average molecular weight is 384 g/mol. The summed E-state index contributed by atoms with van der Waals surface area (Å²) in [5.74, 6) is 0.431. The molecule has 3 rings (SSSR count). The Bertz CT molecular complexity index is 756. The van der Waals surface area contributed by atoms with E-state index in [0.717, 1.165) is 11.1 Å². The zero-order valence-corrected chi connectivity index (χ0v) is 14.9. The summed E-state index contributed by atoms with van der Waals surface area (Å²) in [5, 5.41) is 13.3. The molecule has 0 amide bonds. The minimum absolute atomic E-state index is 0.0474. The molecule has 24 heavy (non-hydrogen) atoms. The zero-order chi connectivity index (χ0) is 17.1. The maximum Gasteiger partial charge on any atom is 0.321 e. The van der Waals surface area contributed by atoms with Crippen LogP contribution in [0.1, 0.15) is 16.5 Å². The fourth-order valence-corrected chi connectivity index (χ4v) is 4.06. The van der Waals surface area contributed by atoms with Crippen LogP contribution in [0.25, 0.3) is 0 Å². The molecule has 126 valence electrons. The zero-order valence-electron chi connectivity index (χ0n) is 12.5. The third kappa shape index (κ3) is 4.16. The normalized spacial score (nSPS) is 20.1. The highest BCUT2D eigenvalue weighted by atomic mass is 35.5. The van der Waals surface area contributed by atoms with Crippen molar-refractivity contribution >= 4 is 40.9 Å². The van der Waals surface area contributed by atoms with Crippen molar-refractivity contribution in [2.24, 2.45) is 0 Å². The van der Waals surface area contributed by atoms with E-state index in [9.17, 15) is 4.79 Å². The second-order valence-corrected chi connectivity index (χ2v) is 7.35. The fraction of sp³-hybridized carbons (Fsp3) is 0.235. The van der Waals surface area contributed by atoms with E-state index in [1.807, 2.05) is 30.3 Å². The predicted molar refractivity (Wildman–Crippen MR) is 97.0 cm³/mol. The summed E-state index contributed by atoms with van der Waals surface area (Å²) in [7, 11) is 0. The third-order valence-corrected chi connectivity index (χ3v) is 5.50. The molecule has 1 heterocycles. The molecule has 1 aliphatic heterocycles. The van der Waals surface area contributed by atoms with Crippen molar-refractivity contribution in [1.29, 1.82) is 0 Å². The number of ether oxygens (including phenoxy) is 1. The molecule has 0 aliphatic carbocycles. The van der Waals surface area contributed by atoms with Gasteiger partial charge in [0.25, 0.3) is 0 Å². The molecule has 2 N–H and O–H groups in total. The lowest BCUT2D eigenvalue weighted by molar-refractivity contribution is -0.138. The smallest absolute Gasteiger partial charge is 0.321 e. The van der Waals surface area contributed by atoms with Gasteiger partial charge in [-0.1, -0.05) is 41.4 Å². The molecule has 0 bridgehead atoms. The molecular weight excluding hydrogens is 369 g/mol. The number of nitrogens with one attached hydrogen (secondary N) is 1. The van der Waals surface area contributed by atoms with Gasteiger partial charge in [-0.05, 0) is 29.8 Å². The van der Waals surface area contributed by atoms with Crippen LogP contribution in [0.15, 0.2) is 42.5 Å². The maximum atomic E-state index is 11.0. The molecule has 0 unspecified atom stereocenters. The van der Waals surface area contributed by atoms with Crippen molar-refractivity contribution in [2.75, 3.05) is 5.75 Å². The lowest BCUT2D eigenvalue weighted by Gasteiger charge is -2.13. The van der Waals surface area contributed by atoms with Crippen LogP contribution < -0.4 is 10.1 Å². The number of carboxylic acids is 1. The first-order chi connectivity index (χ1) is 11.5. The van der Waals surface area contributed by atoms with Gasteiger partial charge in [0.2, 0.25) is 0 Å². The van der Waals surface area contributed by atoms with E-state index in [1.54, 1.807) is 23.9 Å². The highest BCUT2D eigenvalue weighted by Gasteiger charge is 2.30. The Morgan fingerprint density at radius 2 is 2.12 bits per heavy atom. The monoisotopic (exact) mass is 383 g/mol. The SMILES string of the molecule is O=C(O)[C@H]1CS[C@H](c2cccc(OCc3ccc(Cl)cc3Cl)c2)N1. The van der Waals surface area contributed by atoms with Gasteiger partial charge in [-0.3, -0.25) is 10.1 Å². The van der Waals surface area contributed by atoms with E-state index in [4.69, 9.17) is 33.0 Å². The Morgan fingerprint density at radius 1 is 1.29 bits per heavy atom. The standard InChI is InChI=1S/C17H15Cl2NO3S/c18-12-5-4-11(14(19)7-12)8-23-13-3-1-2-10(6-13)16-20-15(9-24-16)17(21)22/h1-7,15-16,20H,8-9H2,(H,21,22)/t15-,16-/m1/s1. The average Bonchev–Trinajstić information content (AvgIpc) is 3.05. The molecule has 1 saturated heterocycles. The molecule has 1 aliphatic rings. The summed E-state index contributed by atoms with van der Waals surface area (Å²) in [6, 6.07) is 12.4. The maximum absolute atomic E-state index is 11.0. The topological polar surface area (TPSA) is 58.6 Å². The molecule has 2 atom stereocenters. The number of aliphatic carboxylic acids is 1. The van der Waals surface area contributed by atoms with Crippen LogP contribution in [-0.4, -0.2) is 22.9 Å². The van der Waals surface area contributed by atoms with Crippen LogP contribution in [0.5, 0.6) is 5.75 Å². The van der Waals surface area contributed by atoms with E-state index in [2.05, 4.69) is 5.32 Å². The van der Waals surface area contributed by atoms with Crippen molar-refractivity contribution in [3.05, 3.63) is 63.6 Å². The van der Waals surface area contributed by atoms with Gasteiger partial charge < -0.3 is 9.84 Å². The number of carboxylic acid groups (broad SMARTS) is 1. The summed E-state index contributed by atoms with van der Waals surface area (Å²) in [6.45, 7) is 0.336. The molecule has 0 aromatic heterocycles. The summed E-state index contributed by atoms with van der Waals surface area (Å²) < 4.78 is 5.81. The number of hydrogen-bond acceptors (Lipinski definition) is 4. The second-order valence-electron chi connectivity index (χ2n) is 5.37. The molecule has 0 saturated carbocycles. The van der Waals surface area contributed by atoms with Crippen molar-refractivity contribution in [2.45, 2.75) is 18.0 Å². The second kappa shape index (κ2) is 7.66. The van der Waals surface area contributed by atoms with Crippen LogP contribution in [0.2, 0.25) is 10.0 Å². The lowest BCUT2D eigenvalue weighted by atomic mass is 10.2. The predicted octanol–water partition coefficient (Wildman–Crippen LogP) is 4.36. The molecule has 2 aromatic carbocycles. The highest BCUT2D eigenvalue weighted by Crippen LogP contribution is 2.34. The molecule has 0 radical (unpaired) electrons. The third-order valence-electron chi connectivity index (χ3n) is 3.65. The summed E-state index contributed by atoms with van der Waals surface area (Å²) in [4.78, 5) is 11.0. The number of halogens is 2. The molecular formula is C17H15Cl2NO3S. The van der Waals surface area contributed by atoms with E-state index in [-0.39, 0.29) is 5.37 Å². The quantitative estimate of drug-likeness (QED) is 0.802. The lowest BCUT2D eigenvalue weighted by Crippen LogP contribution is -2.33. The fourth-order valence-electron chi connectivity index (χ4n) is 2.37. The van der Waals surface area contributed by atoms with E-state index in [1.165, 1.54) is 0 Å². The number of benzene rings is 2. The van der Waals surface area contributed by atoms with Gasteiger partial charge in [0.15, 0.2) is 0 Å². The van der Waals surface area contributed by atoms with Gasteiger partial charge in [-0.15, -0.1) is 11.8 Å². The van der Waals surface area contributed by atoms with Crippen LogP contribution >= 0.6 is 35.0 Å². The number of thioether (sulfide) groups is 1. The van der Waals surface area contributed by atoms with Gasteiger partial charge in [0.1, 0.15) is 18.4 Å². The first-order valence-electron chi connectivity index (χ1n) is 7.30. The summed E-state index contributed by atoms with van der Waals surface area (Å²) in [6.07, 6.45) is 0. The van der Waals surface area contributed by atoms with Gasteiger partial charge in [-0.2, -0.15) is 0 Å². The van der Waals surface area contributed by atoms with Gasteiger partial charge in [0.05, 0.1) is 5.37 Å². The van der Waals surface area contributed by atoms with Crippen molar-refractivity contribution < 1.29 is 14.6 Å². The first kappa shape index (κ1) is 17.4. The number of carbonyl (C=O) groups is 1. The van der Waals surface area contributed by atoms with Crippen molar-refractivity contribution in [3.8, 4) is 5.75 Å². The Balaban J connectivity index is 1.66. The minimum Gasteiger partial charge on any atom is -0.489 e. The Kier molecular flexibility index (Phi) is 5.56. The molecule has 2 aromatic rings. The van der Waals surface area contributed by atoms with Gasteiger partial charge >= 0.3 is 5.97 Å². The molecule has 4 nitrogen and oxygen atoms in total. The number of hydrogen-bond donors (Lipinski definition) is 2. The summed E-state index contributed by atoms with van der Waals surface area (Å²) in [5.41, 5.74) is 1.84. The first-order valence-corrected chi connectivity index (χ1v) is 9.10. The van der Waals surface area contributed by atoms with Crippen molar-refractivity contribution in [1.82, 2.24) is 5.32 Å². The van der Waals surface area contributed by atoms with Crippen LogP contribution in [0, 0.1) is 0 Å². The minimum atomic E-state index is -0.824. The van der Waals surface area contributed by atoms with E-state index < -0.39 is 12.0 Å². The van der Waals surface area contributed by atoms with E-state index in [0.29, 0.717) is 28.2 Å². The van der Waals surface area contributed by atoms with Gasteiger partial charge in [-0.25, -0.2) is 0 Å². The Hall–Kier alpha value is -1.40. The summed E-state index contributed by atoms with van der Waals surface area (Å²) >= 11 is 13.6. The Morgan fingerprint density at radius 3 is 2.83 bits per heavy atom. The highest BCUT2D eigenvalue weighted by molar-refractivity contribution is 7.99. The Labute approximate surface area is 154 Å². The van der Waals surface area contributed by atoms with Crippen molar-refractivity contribution in [3.63, 3.8) is 0 Å². The molecule has 1 fully saturated rings. The van der Waals surface area contributed by atoms with Gasteiger partial charge in [0, 0.05) is 21.4 Å². The van der Waals surface area contributed by atoms with Crippen LogP contribution in [-0.2, 0) is 11.4 Å². The largest absolute Gasteiger partial charge is 0.489 e. The number of rotatable bonds is 5. The van der Waals surface area contributed by atoms with Crippen LogP contribution in [0.3, 0.4) is 0 Å². The van der Waals surface area contributed by atoms with E-state index >= 15 is 0 Å². The van der Waals surface area contributed by atoms with Crippen LogP contribution in [0.4, 0.5) is 0 Å². The molecule has 7 heteroatoms.